The van der Waals surface area contributed by atoms with E-state index >= 15 is 0 Å². The second-order valence-corrected chi connectivity index (χ2v) is 8.95. The summed E-state index contributed by atoms with van der Waals surface area (Å²) in [5.41, 5.74) is 3.34. The van der Waals surface area contributed by atoms with E-state index in [2.05, 4.69) is 38.7 Å². The van der Waals surface area contributed by atoms with Crippen molar-refractivity contribution in [3.8, 4) is 12.1 Å². The predicted molar refractivity (Wildman–Crippen MR) is 118 cm³/mol. The zero-order valence-corrected chi connectivity index (χ0v) is 17.8. The van der Waals surface area contributed by atoms with Crippen molar-refractivity contribution in [2.75, 3.05) is 13.1 Å². The number of aromatic nitrogens is 2. The summed E-state index contributed by atoms with van der Waals surface area (Å²) in [6, 6.07) is 19.0. The molecule has 0 radical (unpaired) electrons. The Morgan fingerprint density at radius 3 is 2.16 bits per heavy atom. The van der Waals surface area contributed by atoms with Crippen LogP contribution in [0.25, 0.3) is 0 Å². The Labute approximate surface area is 187 Å². The Bertz CT molecular complexity index is 1180. The molecule has 6 heteroatoms. The van der Waals surface area contributed by atoms with Crippen LogP contribution in [-0.4, -0.2) is 27.5 Å². The lowest BCUT2D eigenvalue weighted by atomic mass is 9.74. The summed E-state index contributed by atoms with van der Waals surface area (Å²) in [4.78, 5) is 6.83. The Hall–Kier alpha value is -3.48. The first kappa shape index (κ1) is 20.4. The molecule has 0 spiro atoms. The van der Waals surface area contributed by atoms with Crippen LogP contribution in [0.2, 0.25) is 0 Å². The van der Waals surface area contributed by atoms with E-state index in [0.717, 1.165) is 56.6 Å². The van der Waals surface area contributed by atoms with E-state index in [9.17, 15) is 9.65 Å². The zero-order chi connectivity index (χ0) is 22.2. The van der Waals surface area contributed by atoms with Crippen molar-refractivity contribution in [3.63, 3.8) is 0 Å². The number of rotatable bonds is 5. The molecule has 32 heavy (non-hydrogen) atoms. The number of nitrogens with zero attached hydrogens (tertiary/aromatic N) is 5. The highest BCUT2D eigenvalue weighted by Gasteiger charge is 2.47. The Morgan fingerprint density at radius 2 is 1.56 bits per heavy atom. The van der Waals surface area contributed by atoms with Gasteiger partial charge in [-0.25, -0.2) is 9.37 Å². The molecule has 2 fully saturated rings. The fraction of sp³-hybridized carbons (Fsp3) is 0.346. The molecule has 1 saturated carbocycles. The molecule has 1 aliphatic carbocycles. The van der Waals surface area contributed by atoms with Crippen LogP contribution < -0.4 is 0 Å². The van der Waals surface area contributed by atoms with Gasteiger partial charge >= 0.3 is 0 Å². The van der Waals surface area contributed by atoms with Crippen LogP contribution in [-0.2, 0) is 17.5 Å². The molecule has 0 atom stereocenters. The van der Waals surface area contributed by atoms with Gasteiger partial charge in [0.1, 0.15) is 5.82 Å². The van der Waals surface area contributed by atoms with Crippen LogP contribution in [0, 0.1) is 28.5 Å². The molecular formula is C26H24FN5. The van der Waals surface area contributed by atoms with Crippen LogP contribution in [0.15, 0.2) is 61.1 Å². The highest BCUT2D eigenvalue weighted by molar-refractivity contribution is 5.39. The van der Waals surface area contributed by atoms with Crippen LogP contribution in [0.5, 0.6) is 0 Å². The van der Waals surface area contributed by atoms with Gasteiger partial charge in [-0.1, -0.05) is 24.3 Å². The van der Waals surface area contributed by atoms with Crippen LogP contribution in [0.4, 0.5) is 4.39 Å². The third kappa shape index (κ3) is 3.47. The van der Waals surface area contributed by atoms with E-state index in [1.165, 1.54) is 17.7 Å². The van der Waals surface area contributed by atoms with E-state index in [1.807, 2.05) is 24.7 Å². The number of imidazole rings is 1. The molecule has 0 amide bonds. The van der Waals surface area contributed by atoms with Gasteiger partial charge in [0, 0.05) is 25.8 Å². The lowest BCUT2D eigenvalue weighted by Crippen LogP contribution is -2.42. The minimum atomic E-state index is -0.551. The first-order valence-electron chi connectivity index (χ1n) is 11.0. The molecule has 5 nitrogen and oxygen atoms in total. The quantitative estimate of drug-likeness (QED) is 0.604. The monoisotopic (exact) mass is 425 g/mol. The fourth-order valence-corrected chi connectivity index (χ4v) is 5.02. The summed E-state index contributed by atoms with van der Waals surface area (Å²) in [7, 11) is 0. The van der Waals surface area contributed by atoms with Gasteiger partial charge in [0.15, 0.2) is 0 Å². The molecule has 1 aliphatic heterocycles. The number of halogens is 1. The van der Waals surface area contributed by atoms with Crippen molar-refractivity contribution < 1.29 is 4.39 Å². The largest absolute Gasteiger partial charge is 0.323 e. The van der Waals surface area contributed by atoms with E-state index in [4.69, 9.17) is 5.26 Å². The Morgan fingerprint density at radius 1 is 0.906 bits per heavy atom. The molecule has 2 aliphatic rings. The van der Waals surface area contributed by atoms with Gasteiger partial charge in [-0.2, -0.15) is 10.5 Å². The number of benzene rings is 2. The zero-order valence-electron chi connectivity index (χ0n) is 17.8. The molecule has 0 N–H and O–H groups in total. The molecule has 1 saturated heterocycles. The number of hydrogen-bond donors (Lipinski definition) is 0. The molecule has 0 unspecified atom stereocenters. The van der Waals surface area contributed by atoms with Crippen molar-refractivity contribution in [1.29, 1.82) is 10.5 Å². The maximum Gasteiger partial charge on any atom is 0.123 e. The molecule has 0 bridgehead atoms. The number of hydrogen-bond acceptors (Lipinski definition) is 4. The van der Waals surface area contributed by atoms with Gasteiger partial charge in [-0.15, -0.1) is 0 Å². The lowest BCUT2D eigenvalue weighted by molar-refractivity contribution is 0.174. The van der Waals surface area contributed by atoms with Crippen molar-refractivity contribution in [2.45, 2.75) is 43.2 Å². The average molecular weight is 426 g/mol. The summed E-state index contributed by atoms with van der Waals surface area (Å²) in [6.07, 6.45) is 7.43. The second kappa shape index (κ2) is 7.89. The van der Waals surface area contributed by atoms with Gasteiger partial charge in [0.25, 0.3) is 0 Å². The Kier molecular flexibility index (Phi) is 5.04. The standard InChI is InChI=1S/C26H24FN5/c27-23-7-5-21(6-8-23)25(18-29)11-13-31(14-12-25)17-24-16-30-19-32(24)26(9-10-26)22-3-1-20(15-28)2-4-22/h1-8,16,19H,9-14,17H2. The third-order valence-corrected chi connectivity index (χ3v) is 7.16. The molecule has 160 valence electrons. The van der Waals surface area contributed by atoms with Crippen molar-refractivity contribution >= 4 is 0 Å². The second-order valence-electron chi connectivity index (χ2n) is 8.95. The summed E-state index contributed by atoms with van der Waals surface area (Å²) >= 11 is 0. The minimum absolute atomic E-state index is 0.0693. The third-order valence-electron chi connectivity index (χ3n) is 7.16. The summed E-state index contributed by atoms with van der Waals surface area (Å²) in [5, 5.41) is 19.0. The number of nitriles is 2. The molecule has 3 aromatic rings. The maximum atomic E-state index is 13.3. The minimum Gasteiger partial charge on any atom is -0.323 e. The Balaban J connectivity index is 1.31. The van der Waals surface area contributed by atoms with Gasteiger partial charge < -0.3 is 4.57 Å². The normalized spacial score (nSPS) is 19.1. The van der Waals surface area contributed by atoms with E-state index < -0.39 is 5.41 Å². The van der Waals surface area contributed by atoms with Crippen LogP contribution in [0.1, 0.15) is 48.1 Å². The smallest absolute Gasteiger partial charge is 0.123 e. The highest BCUT2D eigenvalue weighted by atomic mass is 19.1. The van der Waals surface area contributed by atoms with E-state index in [-0.39, 0.29) is 11.4 Å². The van der Waals surface area contributed by atoms with Gasteiger partial charge in [-0.3, -0.25) is 4.90 Å². The van der Waals surface area contributed by atoms with E-state index in [1.54, 1.807) is 12.1 Å². The van der Waals surface area contributed by atoms with Crippen LogP contribution >= 0.6 is 0 Å². The molecule has 1 aromatic heterocycles. The molecular weight excluding hydrogens is 401 g/mol. The number of likely N-dealkylation sites (tertiary alicyclic amines) is 1. The summed E-state index contributed by atoms with van der Waals surface area (Å²) in [5.74, 6) is -0.274. The van der Waals surface area contributed by atoms with Gasteiger partial charge in [-0.05, 0) is 61.1 Å². The molecule has 5 rings (SSSR count). The van der Waals surface area contributed by atoms with Crippen molar-refractivity contribution in [3.05, 3.63) is 89.3 Å². The average Bonchev–Trinajstić information content (AvgIpc) is 3.52. The SMILES string of the molecule is N#Cc1ccc(C2(n3cncc3CN3CCC(C#N)(c4ccc(F)cc4)CC3)CC2)cc1. The fourth-order valence-electron chi connectivity index (χ4n) is 5.02. The summed E-state index contributed by atoms with van der Waals surface area (Å²) < 4.78 is 15.6. The topological polar surface area (TPSA) is 68.6 Å². The molecule has 2 heterocycles. The van der Waals surface area contributed by atoms with Gasteiger partial charge in [0.2, 0.25) is 0 Å². The first-order valence-corrected chi connectivity index (χ1v) is 11.0. The van der Waals surface area contributed by atoms with Gasteiger partial charge in [0.05, 0.1) is 40.7 Å². The predicted octanol–water partition coefficient (Wildman–Crippen LogP) is 4.49. The maximum absolute atomic E-state index is 13.3. The summed E-state index contributed by atoms with van der Waals surface area (Å²) in [6.45, 7) is 2.39. The lowest BCUT2D eigenvalue weighted by Gasteiger charge is -2.38. The van der Waals surface area contributed by atoms with Crippen molar-refractivity contribution in [2.24, 2.45) is 0 Å². The molecule has 2 aromatic carbocycles. The first-order chi connectivity index (χ1) is 15.6. The highest BCUT2D eigenvalue weighted by Crippen LogP contribution is 2.50. The van der Waals surface area contributed by atoms with E-state index in [0.29, 0.717) is 5.56 Å². The number of piperidine rings is 1. The van der Waals surface area contributed by atoms with Crippen LogP contribution in [0.3, 0.4) is 0 Å². The van der Waals surface area contributed by atoms with Crippen molar-refractivity contribution in [1.82, 2.24) is 14.5 Å².